The van der Waals surface area contributed by atoms with Crippen LogP contribution in [0.15, 0.2) is 33.5 Å². The molecule has 0 bridgehead atoms. The molecular formula is C16H14FN5O3. The molecule has 8 nitrogen and oxygen atoms in total. The molecule has 0 aliphatic rings. The molecule has 128 valence electrons. The third-order valence-electron chi connectivity index (χ3n) is 3.32. The first-order valence-electron chi connectivity index (χ1n) is 7.40. The molecule has 25 heavy (non-hydrogen) atoms. The van der Waals surface area contributed by atoms with E-state index >= 15 is 0 Å². The zero-order valence-electron chi connectivity index (χ0n) is 13.2. The largest absolute Gasteiger partial charge is 0.437 e. The zero-order chi connectivity index (χ0) is 18.2. The normalized spacial score (nSPS) is 10.0. The van der Waals surface area contributed by atoms with E-state index in [1.165, 1.54) is 29.2 Å². The number of carbonyl (C=O) groups is 1. The molecule has 0 fully saturated rings. The molecular weight excluding hydrogens is 329 g/mol. The summed E-state index contributed by atoms with van der Waals surface area (Å²) < 4.78 is 18.8. The first-order chi connectivity index (χ1) is 12.0. The predicted molar refractivity (Wildman–Crippen MR) is 83.2 cm³/mol. The molecule has 1 aromatic heterocycles. The van der Waals surface area contributed by atoms with Gasteiger partial charge in [0.15, 0.2) is 0 Å². The molecule has 0 N–H and O–H groups in total. The van der Waals surface area contributed by atoms with E-state index in [1.54, 1.807) is 0 Å². The van der Waals surface area contributed by atoms with Crippen molar-refractivity contribution in [3.05, 3.63) is 40.6 Å². The average molecular weight is 343 g/mol. The summed E-state index contributed by atoms with van der Waals surface area (Å²) in [6, 6.07) is 9.05. The summed E-state index contributed by atoms with van der Waals surface area (Å²) in [5.41, 5.74) is 0.399. The third kappa shape index (κ3) is 4.75. The number of halogens is 1. The van der Waals surface area contributed by atoms with Crippen LogP contribution in [0.1, 0.15) is 12.8 Å². The number of nitrogens with zero attached hydrogens (tertiary/aromatic N) is 5. The van der Waals surface area contributed by atoms with Gasteiger partial charge in [-0.05, 0) is 24.3 Å². The van der Waals surface area contributed by atoms with Crippen molar-refractivity contribution in [3.8, 4) is 23.6 Å². The van der Waals surface area contributed by atoms with E-state index in [9.17, 15) is 14.0 Å². The second-order valence-electron chi connectivity index (χ2n) is 5.03. The maximum absolute atomic E-state index is 12.9. The van der Waals surface area contributed by atoms with E-state index < -0.39 is 17.5 Å². The van der Waals surface area contributed by atoms with E-state index in [0.717, 1.165) is 4.68 Å². The number of hydrogen-bond donors (Lipinski definition) is 0. The summed E-state index contributed by atoms with van der Waals surface area (Å²) >= 11 is 0. The topological polar surface area (TPSA) is 116 Å². The molecule has 0 saturated heterocycles. The van der Waals surface area contributed by atoms with Crippen molar-refractivity contribution >= 4 is 5.91 Å². The first kappa shape index (κ1) is 17.9. The third-order valence-corrected chi connectivity index (χ3v) is 3.32. The molecule has 0 aliphatic heterocycles. The van der Waals surface area contributed by atoms with Gasteiger partial charge in [0.05, 0.1) is 25.0 Å². The highest BCUT2D eigenvalue weighted by atomic mass is 19.1. The van der Waals surface area contributed by atoms with Crippen LogP contribution in [0.3, 0.4) is 0 Å². The summed E-state index contributed by atoms with van der Waals surface area (Å²) in [7, 11) is 0. The zero-order valence-corrected chi connectivity index (χ0v) is 13.2. The minimum absolute atomic E-state index is 0.0293. The summed E-state index contributed by atoms with van der Waals surface area (Å²) in [6.45, 7) is -0.0523. The van der Waals surface area contributed by atoms with Gasteiger partial charge in [-0.15, -0.1) is 5.10 Å². The minimum Gasteiger partial charge on any atom is -0.388 e. The molecule has 1 aromatic carbocycles. The molecule has 1 amide bonds. The average Bonchev–Trinajstić information content (AvgIpc) is 2.96. The van der Waals surface area contributed by atoms with Gasteiger partial charge in [0.2, 0.25) is 11.8 Å². The number of aromatic nitrogens is 2. The van der Waals surface area contributed by atoms with Crippen molar-refractivity contribution in [2.24, 2.45) is 0 Å². The van der Waals surface area contributed by atoms with Gasteiger partial charge >= 0.3 is 5.76 Å². The molecule has 1 heterocycles. The molecule has 0 spiro atoms. The van der Waals surface area contributed by atoms with Crippen molar-refractivity contribution in [2.75, 3.05) is 13.1 Å². The van der Waals surface area contributed by atoms with Crippen molar-refractivity contribution in [1.82, 2.24) is 14.7 Å². The van der Waals surface area contributed by atoms with Crippen LogP contribution in [0.5, 0.6) is 0 Å². The smallest absolute Gasteiger partial charge is 0.388 e. The van der Waals surface area contributed by atoms with E-state index in [1.807, 2.05) is 12.1 Å². The van der Waals surface area contributed by atoms with Crippen LogP contribution < -0.4 is 5.76 Å². The summed E-state index contributed by atoms with van der Waals surface area (Å²) in [5, 5.41) is 21.2. The van der Waals surface area contributed by atoms with E-state index in [4.69, 9.17) is 14.9 Å². The Hall–Kier alpha value is -3.46. The molecule has 0 aliphatic carbocycles. The van der Waals surface area contributed by atoms with Crippen molar-refractivity contribution in [2.45, 2.75) is 19.4 Å². The number of amides is 1. The molecule has 0 unspecified atom stereocenters. The van der Waals surface area contributed by atoms with Crippen LogP contribution in [0, 0.1) is 28.5 Å². The molecule has 0 radical (unpaired) electrons. The number of carbonyl (C=O) groups excluding carboxylic acids is 1. The van der Waals surface area contributed by atoms with Crippen molar-refractivity contribution < 1.29 is 13.6 Å². The fraction of sp³-hybridized carbons (Fsp3) is 0.312. The Morgan fingerprint density at radius 3 is 2.36 bits per heavy atom. The van der Waals surface area contributed by atoms with Gasteiger partial charge in [-0.25, -0.2) is 9.18 Å². The van der Waals surface area contributed by atoms with Crippen LogP contribution in [0.4, 0.5) is 4.39 Å². The highest BCUT2D eigenvalue weighted by Crippen LogP contribution is 2.15. The lowest BCUT2D eigenvalue weighted by atomic mass is 10.2. The SMILES string of the molecule is N#CCCN(CCC#N)C(=O)Cn1nc(-c2ccc(F)cc2)oc1=O. The number of benzene rings is 1. The maximum atomic E-state index is 12.9. The van der Waals surface area contributed by atoms with Crippen LogP contribution in [-0.2, 0) is 11.3 Å². The lowest BCUT2D eigenvalue weighted by Gasteiger charge is -2.19. The van der Waals surface area contributed by atoms with Gasteiger partial charge in [0.1, 0.15) is 12.4 Å². The molecule has 9 heteroatoms. The molecule has 2 rings (SSSR count). The lowest BCUT2D eigenvalue weighted by molar-refractivity contribution is -0.132. The van der Waals surface area contributed by atoms with E-state index in [2.05, 4.69) is 5.10 Å². The van der Waals surface area contributed by atoms with Crippen LogP contribution >= 0.6 is 0 Å². The standard InChI is InChI=1S/C16H14FN5O3/c17-13-5-3-12(4-6-13)15-20-22(16(24)25-15)11-14(23)21(9-1-7-18)10-2-8-19/h3-6H,1-2,9-11H2. The Bertz CT molecular complexity index is 855. The van der Waals surface area contributed by atoms with Crippen LogP contribution in [0.2, 0.25) is 0 Å². The fourth-order valence-corrected chi connectivity index (χ4v) is 2.07. The first-order valence-corrected chi connectivity index (χ1v) is 7.40. The van der Waals surface area contributed by atoms with Crippen molar-refractivity contribution in [3.63, 3.8) is 0 Å². The fourth-order valence-electron chi connectivity index (χ4n) is 2.07. The van der Waals surface area contributed by atoms with Gasteiger partial charge in [-0.1, -0.05) is 0 Å². The van der Waals surface area contributed by atoms with Gasteiger partial charge in [0.25, 0.3) is 0 Å². The Morgan fingerprint density at radius 1 is 1.20 bits per heavy atom. The number of hydrogen-bond acceptors (Lipinski definition) is 6. The van der Waals surface area contributed by atoms with Gasteiger partial charge in [-0.2, -0.15) is 15.2 Å². The highest BCUT2D eigenvalue weighted by Gasteiger charge is 2.18. The van der Waals surface area contributed by atoms with Gasteiger partial charge in [0, 0.05) is 18.7 Å². The monoisotopic (exact) mass is 343 g/mol. The minimum atomic E-state index is -0.826. The summed E-state index contributed by atoms with van der Waals surface area (Å²) in [5.74, 6) is -1.75. The Labute approximate surface area is 142 Å². The van der Waals surface area contributed by atoms with Crippen LogP contribution in [-0.4, -0.2) is 33.7 Å². The van der Waals surface area contributed by atoms with Gasteiger partial charge in [-0.3, -0.25) is 4.79 Å². The Morgan fingerprint density at radius 2 is 1.80 bits per heavy atom. The second-order valence-corrected chi connectivity index (χ2v) is 5.03. The number of rotatable bonds is 7. The highest BCUT2D eigenvalue weighted by molar-refractivity contribution is 5.76. The lowest BCUT2D eigenvalue weighted by Crippen LogP contribution is -2.37. The van der Waals surface area contributed by atoms with E-state index in [0.29, 0.717) is 5.56 Å². The van der Waals surface area contributed by atoms with Crippen LogP contribution in [0.25, 0.3) is 11.5 Å². The summed E-state index contributed by atoms with van der Waals surface area (Å²) in [4.78, 5) is 25.5. The Kier molecular flexibility index (Phi) is 6.02. The second kappa shape index (κ2) is 8.41. The molecule has 0 saturated carbocycles. The predicted octanol–water partition coefficient (Wildman–Crippen LogP) is 1.30. The van der Waals surface area contributed by atoms with Gasteiger partial charge < -0.3 is 9.32 Å². The van der Waals surface area contributed by atoms with Crippen molar-refractivity contribution in [1.29, 1.82) is 10.5 Å². The molecule has 2 aromatic rings. The van der Waals surface area contributed by atoms with E-state index in [-0.39, 0.29) is 38.4 Å². The maximum Gasteiger partial charge on any atom is 0.437 e. The molecule has 0 atom stereocenters. The Balaban J connectivity index is 2.14. The quantitative estimate of drug-likeness (QED) is 0.748. The number of nitriles is 2. The summed E-state index contributed by atoms with van der Waals surface area (Å²) in [6.07, 6.45) is 0.234.